The van der Waals surface area contributed by atoms with Crippen LogP contribution in [0.4, 0.5) is 8.78 Å². The number of carboxylic acids is 1. The number of pyridine rings is 1. The molecular weight excluding hydrogens is 384 g/mol. The van der Waals surface area contributed by atoms with Crippen LogP contribution in [0.5, 0.6) is 17.2 Å². The maximum Gasteiger partial charge on any atom is 0.387 e. The molecule has 29 heavy (non-hydrogen) atoms. The van der Waals surface area contributed by atoms with Crippen molar-refractivity contribution in [3.8, 4) is 17.2 Å². The molecule has 3 rings (SSSR count). The zero-order valence-corrected chi connectivity index (χ0v) is 15.6. The van der Waals surface area contributed by atoms with Crippen LogP contribution < -0.4 is 14.2 Å². The standard InChI is InChI=1S/C21H17F2NO5/c1-27-17-9-12(10-18(28-2)19(17)29-21(22)23)7-8-13-11-15(20(25)26)14-5-3-4-6-16(14)24-13/h3-11,21H,1-2H3,(H,25,26)/b8-7+. The minimum absolute atomic E-state index is 0.0713. The summed E-state index contributed by atoms with van der Waals surface area (Å²) in [6.45, 7) is -3.03. The number of fused-ring (bicyclic) bond motifs is 1. The van der Waals surface area contributed by atoms with Crippen molar-refractivity contribution in [3.63, 3.8) is 0 Å². The lowest BCUT2D eigenvalue weighted by molar-refractivity contribution is -0.0526. The number of para-hydroxylation sites is 1. The van der Waals surface area contributed by atoms with Gasteiger partial charge in [-0.05, 0) is 35.9 Å². The van der Waals surface area contributed by atoms with Crippen LogP contribution in [0.2, 0.25) is 0 Å². The third-order valence-corrected chi connectivity index (χ3v) is 4.10. The van der Waals surface area contributed by atoms with E-state index in [0.29, 0.717) is 22.2 Å². The Labute approximate surface area is 165 Å². The van der Waals surface area contributed by atoms with Crippen LogP contribution in [0.15, 0.2) is 42.5 Å². The van der Waals surface area contributed by atoms with Crippen molar-refractivity contribution in [3.05, 3.63) is 59.3 Å². The smallest absolute Gasteiger partial charge is 0.387 e. The summed E-state index contributed by atoms with van der Waals surface area (Å²) in [7, 11) is 2.65. The lowest BCUT2D eigenvalue weighted by Gasteiger charge is -2.14. The highest BCUT2D eigenvalue weighted by atomic mass is 19.3. The van der Waals surface area contributed by atoms with Gasteiger partial charge in [0.2, 0.25) is 5.75 Å². The molecule has 2 aromatic carbocycles. The number of carbonyl (C=O) groups is 1. The second kappa shape index (κ2) is 8.55. The van der Waals surface area contributed by atoms with Gasteiger partial charge in [-0.3, -0.25) is 0 Å². The fourth-order valence-electron chi connectivity index (χ4n) is 2.84. The first-order valence-electron chi connectivity index (χ1n) is 8.45. The van der Waals surface area contributed by atoms with Crippen molar-refractivity contribution < 1.29 is 32.9 Å². The summed E-state index contributed by atoms with van der Waals surface area (Å²) in [5.74, 6) is -1.13. The number of carboxylic acid groups (broad SMARTS) is 1. The Morgan fingerprint density at radius 3 is 2.31 bits per heavy atom. The molecule has 0 spiro atoms. The van der Waals surface area contributed by atoms with Crippen molar-refractivity contribution in [1.82, 2.24) is 4.98 Å². The van der Waals surface area contributed by atoms with Crippen LogP contribution in [0.1, 0.15) is 21.6 Å². The maximum atomic E-state index is 12.7. The molecule has 0 fully saturated rings. The third kappa shape index (κ3) is 4.43. The second-order valence-corrected chi connectivity index (χ2v) is 5.88. The van der Waals surface area contributed by atoms with E-state index in [1.807, 2.05) is 0 Å². The van der Waals surface area contributed by atoms with Crippen molar-refractivity contribution >= 4 is 29.0 Å². The number of hydrogen-bond donors (Lipinski definition) is 1. The summed E-state index contributed by atoms with van der Waals surface area (Å²) in [6.07, 6.45) is 3.25. The van der Waals surface area contributed by atoms with E-state index in [0.717, 1.165) is 0 Å². The zero-order valence-electron chi connectivity index (χ0n) is 15.6. The first-order chi connectivity index (χ1) is 13.9. The molecule has 0 amide bonds. The number of hydrogen-bond acceptors (Lipinski definition) is 5. The Bertz CT molecular complexity index is 1060. The number of aromatic carboxylic acids is 1. The van der Waals surface area contributed by atoms with Gasteiger partial charge in [0, 0.05) is 5.39 Å². The number of rotatable bonds is 7. The normalized spacial score (nSPS) is 11.2. The van der Waals surface area contributed by atoms with Crippen LogP contribution in [-0.4, -0.2) is 36.9 Å². The number of ether oxygens (including phenoxy) is 3. The Kier molecular flexibility index (Phi) is 5.92. The first kappa shape index (κ1) is 20.1. The van der Waals surface area contributed by atoms with Gasteiger partial charge in [-0.15, -0.1) is 0 Å². The molecule has 0 saturated heterocycles. The van der Waals surface area contributed by atoms with Gasteiger partial charge >= 0.3 is 12.6 Å². The van der Waals surface area contributed by atoms with Crippen molar-refractivity contribution in [1.29, 1.82) is 0 Å². The fraction of sp³-hybridized carbons (Fsp3) is 0.143. The van der Waals surface area contributed by atoms with Crippen LogP contribution in [0.25, 0.3) is 23.1 Å². The Morgan fingerprint density at radius 2 is 1.72 bits per heavy atom. The Hall–Kier alpha value is -3.68. The predicted molar refractivity (Wildman–Crippen MR) is 104 cm³/mol. The summed E-state index contributed by atoms with van der Waals surface area (Å²) in [5, 5.41) is 10.0. The third-order valence-electron chi connectivity index (χ3n) is 4.10. The van der Waals surface area contributed by atoms with Crippen molar-refractivity contribution in [2.75, 3.05) is 14.2 Å². The van der Waals surface area contributed by atoms with Gasteiger partial charge < -0.3 is 19.3 Å². The Morgan fingerprint density at radius 1 is 1.07 bits per heavy atom. The summed E-state index contributed by atoms with van der Waals surface area (Å²) in [5.41, 5.74) is 1.66. The Balaban J connectivity index is 2.02. The fourth-order valence-corrected chi connectivity index (χ4v) is 2.84. The van der Waals surface area contributed by atoms with Crippen LogP contribution in [-0.2, 0) is 0 Å². The van der Waals surface area contributed by atoms with Gasteiger partial charge in [-0.1, -0.05) is 24.3 Å². The van der Waals surface area contributed by atoms with Crippen LogP contribution in [0, 0.1) is 0 Å². The molecule has 0 radical (unpaired) electrons. The van der Waals surface area contributed by atoms with Gasteiger partial charge in [0.1, 0.15) is 0 Å². The molecule has 3 aromatic rings. The highest BCUT2D eigenvalue weighted by molar-refractivity contribution is 6.03. The van der Waals surface area contributed by atoms with Crippen molar-refractivity contribution in [2.24, 2.45) is 0 Å². The molecule has 1 aromatic heterocycles. The van der Waals surface area contributed by atoms with Gasteiger partial charge in [-0.2, -0.15) is 8.78 Å². The molecule has 6 nitrogen and oxygen atoms in total. The van der Waals surface area contributed by atoms with Gasteiger partial charge in [0.05, 0.1) is 31.0 Å². The van der Waals surface area contributed by atoms with Crippen molar-refractivity contribution in [2.45, 2.75) is 6.61 Å². The predicted octanol–water partition coefficient (Wildman–Crippen LogP) is 4.72. The van der Waals surface area contributed by atoms with E-state index in [1.54, 1.807) is 36.4 Å². The molecular formula is C21H17F2NO5. The number of halogens is 2. The second-order valence-electron chi connectivity index (χ2n) is 5.88. The number of alkyl halides is 2. The summed E-state index contributed by atoms with van der Waals surface area (Å²) < 4.78 is 40.0. The van der Waals surface area contributed by atoms with Gasteiger partial charge in [0.15, 0.2) is 11.5 Å². The number of methoxy groups -OCH3 is 2. The average molecular weight is 401 g/mol. The number of aromatic nitrogens is 1. The molecule has 0 atom stereocenters. The largest absolute Gasteiger partial charge is 0.493 e. The molecule has 0 saturated carbocycles. The molecule has 0 unspecified atom stereocenters. The number of benzene rings is 2. The van der Waals surface area contributed by atoms with E-state index >= 15 is 0 Å². The zero-order chi connectivity index (χ0) is 21.0. The van der Waals surface area contributed by atoms with E-state index in [-0.39, 0.29) is 22.8 Å². The van der Waals surface area contributed by atoms with E-state index in [1.165, 1.54) is 32.4 Å². The van der Waals surface area contributed by atoms with Crippen LogP contribution >= 0.6 is 0 Å². The molecule has 150 valence electrons. The molecule has 0 bridgehead atoms. The molecule has 0 aliphatic rings. The summed E-state index contributed by atoms with van der Waals surface area (Å²) in [6, 6.07) is 11.4. The van der Waals surface area contributed by atoms with Gasteiger partial charge in [0.25, 0.3) is 0 Å². The highest BCUT2D eigenvalue weighted by Gasteiger charge is 2.17. The summed E-state index contributed by atoms with van der Waals surface area (Å²) >= 11 is 0. The molecule has 0 aliphatic heterocycles. The monoisotopic (exact) mass is 401 g/mol. The van der Waals surface area contributed by atoms with E-state index in [4.69, 9.17) is 9.47 Å². The quantitative estimate of drug-likeness (QED) is 0.617. The van der Waals surface area contributed by atoms with E-state index in [2.05, 4.69) is 9.72 Å². The maximum absolute atomic E-state index is 12.7. The lowest BCUT2D eigenvalue weighted by atomic mass is 10.1. The summed E-state index contributed by atoms with van der Waals surface area (Å²) in [4.78, 5) is 16.0. The van der Waals surface area contributed by atoms with Crippen LogP contribution in [0.3, 0.4) is 0 Å². The molecule has 0 aliphatic carbocycles. The molecule has 8 heteroatoms. The number of nitrogens with zero attached hydrogens (tertiary/aromatic N) is 1. The topological polar surface area (TPSA) is 77.9 Å². The highest BCUT2D eigenvalue weighted by Crippen LogP contribution is 2.40. The van der Waals surface area contributed by atoms with E-state index < -0.39 is 12.6 Å². The molecule has 1 heterocycles. The minimum atomic E-state index is -3.03. The first-order valence-corrected chi connectivity index (χ1v) is 8.45. The van der Waals surface area contributed by atoms with Gasteiger partial charge in [-0.25, -0.2) is 9.78 Å². The minimum Gasteiger partial charge on any atom is -0.493 e. The van der Waals surface area contributed by atoms with E-state index in [9.17, 15) is 18.7 Å². The SMILES string of the molecule is COc1cc(/C=C/c2cc(C(=O)O)c3ccccc3n2)cc(OC)c1OC(F)F. The average Bonchev–Trinajstić information content (AvgIpc) is 2.71. The lowest BCUT2D eigenvalue weighted by Crippen LogP contribution is -2.05. The molecule has 1 N–H and O–H groups in total.